The van der Waals surface area contributed by atoms with Crippen LogP contribution in [0, 0.1) is 5.92 Å². The van der Waals surface area contributed by atoms with E-state index in [1.54, 1.807) is 11.8 Å². The van der Waals surface area contributed by atoms with Crippen molar-refractivity contribution in [3.63, 3.8) is 0 Å². The number of thioether (sulfide) groups is 1. The first-order chi connectivity index (χ1) is 19.9. The Morgan fingerprint density at radius 3 is 2.27 bits per heavy atom. The molecule has 0 unspecified atom stereocenters. The lowest BCUT2D eigenvalue weighted by atomic mass is 9.91. The molecule has 0 spiro atoms. The van der Waals surface area contributed by atoms with Crippen molar-refractivity contribution in [3.05, 3.63) is 95.6 Å². The maximum Gasteiger partial charge on any atom is 0.224 e. The fourth-order valence-corrected chi connectivity index (χ4v) is 5.89. The van der Waals surface area contributed by atoms with Gasteiger partial charge in [0.05, 0.1) is 18.8 Å². The number of benzene rings is 3. The van der Waals surface area contributed by atoms with Crippen molar-refractivity contribution >= 4 is 29.3 Å². The van der Waals surface area contributed by atoms with E-state index in [9.17, 15) is 14.7 Å². The molecule has 3 aromatic carbocycles. The molecule has 218 valence electrons. The van der Waals surface area contributed by atoms with E-state index in [-0.39, 0.29) is 36.5 Å². The molecule has 0 aliphatic carbocycles. The number of carbonyl (C=O) groups is 2. The molecule has 1 heterocycles. The van der Waals surface area contributed by atoms with E-state index in [2.05, 4.69) is 29.7 Å². The summed E-state index contributed by atoms with van der Waals surface area (Å²) >= 11 is 1.77. The van der Waals surface area contributed by atoms with Crippen molar-refractivity contribution in [3.8, 4) is 0 Å². The number of hydrogen-bond donors (Lipinski definition) is 3. The van der Waals surface area contributed by atoms with Crippen molar-refractivity contribution < 1.29 is 24.2 Å². The summed E-state index contributed by atoms with van der Waals surface area (Å²) in [6, 6.07) is 25.9. The van der Waals surface area contributed by atoms with E-state index in [0.29, 0.717) is 13.0 Å². The molecule has 1 aliphatic heterocycles. The van der Waals surface area contributed by atoms with Gasteiger partial charge in [-0.25, -0.2) is 0 Å². The molecule has 2 amide bonds. The number of amides is 2. The van der Waals surface area contributed by atoms with Crippen molar-refractivity contribution in [2.45, 2.75) is 69.5 Å². The van der Waals surface area contributed by atoms with E-state index in [4.69, 9.17) is 9.47 Å². The van der Waals surface area contributed by atoms with Gasteiger partial charge < -0.3 is 25.2 Å². The number of carbonyl (C=O) groups excluding carboxylic acids is 2. The van der Waals surface area contributed by atoms with Crippen LogP contribution >= 0.6 is 11.8 Å². The number of unbranched alkanes of at least 4 members (excludes halogenated alkanes) is 2. The topological polar surface area (TPSA) is 96.9 Å². The molecule has 0 saturated carbocycles. The first kappa shape index (κ1) is 30.8. The van der Waals surface area contributed by atoms with Gasteiger partial charge in [-0.3, -0.25) is 9.59 Å². The SMILES string of the molecule is CC(=O)NCCCCCC(=O)Nc1ccc([C@H]2O[C@@H](CSc3ccccc3)[C@@H](C)[C@@H](c3ccc(CO)cc3)O2)cc1. The first-order valence-electron chi connectivity index (χ1n) is 14.3. The van der Waals surface area contributed by atoms with Gasteiger partial charge in [0.25, 0.3) is 0 Å². The Hall–Kier alpha value is -3.17. The normalized spacial score (nSPS) is 20.4. The molecule has 4 atom stereocenters. The van der Waals surface area contributed by atoms with Gasteiger partial charge in [0.2, 0.25) is 11.8 Å². The van der Waals surface area contributed by atoms with Crippen molar-refractivity contribution in [2.75, 3.05) is 17.6 Å². The molecule has 41 heavy (non-hydrogen) atoms. The molecule has 0 radical (unpaired) electrons. The van der Waals surface area contributed by atoms with Gasteiger partial charge in [0, 0.05) is 47.7 Å². The summed E-state index contributed by atoms with van der Waals surface area (Å²) in [7, 11) is 0. The highest BCUT2D eigenvalue weighted by atomic mass is 32.2. The van der Waals surface area contributed by atoms with Crippen LogP contribution in [0.1, 0.15) is 68.6 Å². The molecule has 8 heteroatoms. The molecule has 3 N–H and O–H groups in total. The maximum atomic E-state index is 12.4. The van der Waals surface area contributed by atoms with Gasteiger partial charge in [-0.2, -0.15) is 0 Å². The van der Waals surface area contributed by atoms with E-state index in [1.165, 1.54) is 11.8 Å². The number of aliphatic hydroxyl groups is 1. The molecule has 0 bridgehead atoms. The monoisotopic (exact) mass is 576 g/mol. The summed E-state index contributed by atoms with van der Waals surface area (Å²) in [5.74, 6) is 0.841. The zero-order chi connectivity index (χ0) is 29.0. The minimum Gasteiger partial charge on any atom is -0.392 e. The standard InChI is InChI=1S/C33H40N2O5S/c1-23-30(22-41-29-9-5-3-6-10-29)39-33(40-32(23)26-14-12-25(21-36)13-15-26)27-16-18-28(19-17-27)35-31(38)11-7-4-8-20-34-24(2)37/h3,5-6,9-10,12-19,23,30,32-33,36H,4,7-8,11,20-22H2,1-2H3,(H,34,37)(H,35,38)/t23-,30+,32+,33+/m1/s1. The minimum absolute atomic E-state index is 0.00489. The lowest BCUT2D eigenvalue weighted by Gasteiger charge is -2.41. The second kappa shape index (κ2) is 15.7. The first-order valence-corrected chi connectivity index (χ1v) is 15.2. The largest absolute Gasteiger partial charge is 0.392 e. The highest BCUT2D eigenvalue weighted by Gasteiger charge is 2.38. The highest BCUT2D eigenvalue weighted by molar-refractivity contribution is 7.99. The maximum absolute atomic E-state index is 12.4. The van der Waals surface area contributed by atoms with Crippen LogP contribution < -0.4 is 10.6 Å². The van der Waals surface area contributed by atoms with Gasteiger partial charge in [-0.15, -0.1) is 11.8 Å². The fourth-order valence-electron chi connectivity index (χ4n) is 4.80. The third-order valence-corrected chi connectivity index (χ3v) is 8.30. The van der Waals surface area contributed by atoms with Crippen LogP contribution in [0.5, 0.6) is 0 Å². The molecule has 0 aromatic heterocycles. The second-order valence-corrected chi connectivity index (χ2v) is 11.5. The molecule has 4 rings (SSSR count). The minimum atomic E-state index is -0.552. The smallest absolute Gasteiger partial charge is 0.224 e. The molecule has 7 nitrogen and oxygen atoms in total. The number of rotatable bonds is 13. The van der Waals surface area contributed by atoms with Crippen LogP contribution in [0.25, 0.3) is 0 Å². The summed E-state index contributed by atoms with van der Waals surface area (Å²) in [5, 5.41) is 15.2. The van der Waals surface area contributed by atoms with Gasteiger partial charge in [0.15, 0.2) is 6.29 Å². The molecular weight excluding hydrogens is 536 g/mol. The Labute approximate surface area is 247 Å². The van der Waals surface area contributed by atoms with E-state index >= 15 is 0 Å². The van der Waals surface area contributed by atoms with Crippen molar-refractivity contribution in [2.24, 2.45) is 5.92 Å². The predicted molar refractivity (Wildman–Crippen MR) is 162 cm³/mol. The second-order valence-electron chi connectivity index (χ2n) is 10.4. The van der Waals surface area contributed by atoms with Gasteiger partial charge >= 0.3 is 0 Å². The average molecular weight is 577 g/mol. The average Bonchev–Trinajstić information content (AvgIpc) is 2.99. The van der Waals surface area contributed by atoms with Crippen molar-refractivity contribution in [1.82, 2.24) is 5.32 Å². The van der Waals surface area contributed by atoms with Crippen LogP contribution in [-0.4, -0.2) is 35.3 Å². The van der Waals surface area contributed by atoms with Crippen molar-refractivity contribution in [1.29, 1.82) is 0 Å². The summed E-state index contributed by atoms with van der Waals surface area (Å²) in [4.78, 5) is 24.5. The van der Waals surface area contributed by atoms with Gasteiger partial charge in [-0.1, -0.05) is 67.9 Å². The summed E-state index contributed by atoms with van der Waals surface area (Å²) in [6.45, 7) is 4.31. The number of nitrogens with one attached hydrogen (secondary N) is 2. The van der Waals surface area contributed by atoms with E-state index in [0.717, 1.165) is 47.4 Å². The number of ether oxygens (including phenoxy) is 2. The van der Waals surface area contributed by atoms with Crippen LogP contribution in [0.4, 0.5) is 5.69 Å². The molecule has 3 aromatic rings. The lowest BCUT2D eigenvalue weighted by molar-refractivity contribution is -0.268. The number of aliphatic hydroxyl groups excluding tert-OH is 1. The number of anilines is 1. The molecular formula is C33H40N2O5S. The van der Waals surface area contributed by atoms with E-state index in [1.807, 2.05) is 66.7 Å². The molecule has 1 aliphatic rings. The summed E-state index contributed by atoms with van der Waals surface area (Å²) in [6.07, 6.45) is 2.18. The third-order valence-electron chi connectivity index (χ3n) is 7.20. The van der Waals surface area contributed by atoms with Crippen LogP contribution in [0.15, 0.2) is 83.8 Å². The molecule has 1 fully saturated rings. The zero-order valence-corrected chi connectivity index (χ0v) is 24.6. The van der Waals surface area contributed by atoms with Crippen LogP contribution in [0.3, 0.4) is 0 Å². The lowest BCUT2D eigenvalue weighted by Crippen LogP contribution is -2.38. The van der Waals surface area contributed by atoms with Crippen LogP contribution in [-0.2, 0) is 25.7 Å². The Morgan fingerprint density at radius 1 is 0.878 bits per heavy atom. The third kappa shape index (κ3) is 9.43. The van der Waals surface area contributed by atoms with E-state index < -0.39 is 6.29 Å². The van der Waals surface area contributed by atoms with Crippen LogP contribution in [0.2, 0.25) is 0 Å². The zero-order valence-electron chi connectivity index (χ0n) is 23.8. The number of hydrogen-bond acceptors (Lipinski definition) is 6. The summed E-state index contributed by atoms with van der Waals surface area (Å²) < 4.78 is 13.1. The Bertz CT molecular complexity index is 1240. The Kier molecular flexibility index (Phi) is 11.8. The predicted octanol–water partition coefficient (Wildman–Crippen LogP) is 6.40. The highest BCUT2D eigenvalue weighted by Crippen LogP contribution is 2.43. The Balaban J connectivity index is 1.39. The quantitative estimate of drug-likeness (QED) is 0.161. The fraction of sp³-hybridized carbons (Fsp3) is 0.394. The molecule has 1 saturated heterocycles. The van der Waals surface area contributed by atoms with Gasteiger partial charge in [0.1, 0.15) is 0 Å². The summed E-state index contributed by atoms with van der Waals surface area (Å²) in [5.41, 5.74) is 3.54. The Morgan fingerprint density at radius 2 is 1.59 bits per heavy atom. The van der Waals surface area contributed by atoms with Gasteiger partial charge in [-0.05, 0) is 48.2 Å².